The number of nitrogens with two attached hydrogens (primary N) is 1. The van der Waals surface area contributed by atoms with E-state index in [1.54, 1.807) is 11.9 Å². The summed E-state index contributed by atoms with van der Waals surface area (Å²) >= 11 is 0. The van der Waals surface area contributed by atoms with Crippen LogP contribution >= 0.6 is 0 Å². The monoisotopic (exact) mass is 312 g/mol. The van der Waals surface area contributed by atoms with E-state index >= 15 is 0 Å². The molecular weight excluding hydrogens is 288 g/mol. The molecule has 1 aromatic rings. The molecule has 0 saturated heterocycles. The lowest BCUT2D eigenvalue weighted by molar-refractivity contribution is 0.0789. The summed E-state index contributed by atoms with van der Waals surface area (Å²) in [6.45, 7) is 4.68. The number of carbonyl (C=O) groups is 1. The van der Waals surface area contributed by atoms with Gasteiger partial charge in [-0.25, -0.2) is 8.42 Å². The van der Waals surface area contributed by atoms with Gasteiger partial charge in [-0.15, -0.1) is 0 Å². The summed E-state index contributed by atoms with van der Waals surface area (Å²) in [7, 11) is -1.52. The third-order valence-corrected chi connectivity index (χ3v) is 4.66. The molecule has 1 unspecified atom stereocenters. The largest absolute Gasteiger partial charge is 0.342 e. The molecule has 21 heavy (non-hydrogen) atoms. The van der Waals surface area contributed by atoms with E-state index in [4.69, 9.17) is 5.73 Å². The zero-order valence-electron chi connectivity index (χ0n) is 13.0. The Morgan fingerprint density at radius 1 is 1.24 bits per heavy atom. The van der Waals surface area contributed by atoms with Crippen LogP contribution < -0.4 is 5.73 Å². The Labute approximate surface area is 127 Å². The SMILES string of the molecule is CC(C)C(N)CCN(C)C(=O)c1ccc(S(C)(=O)=O)cc1. The molecular formula is C15H24N2O3S. The van der Waals surface area contributed by atoms with Crippen LogP contribution in [0.25, 0.3) is 0 Å². The maximum Gasteiger partial charge on any atom is 0.253 e. The number of rotatable bonds is 6. The van der Waals surface area contributed by atoms with Gasteiger partial charge in [-0.1, -0.05) is 13.8 Å². The van der Waals surface area contributed by atoms with E-state index in [1.807, 2.05) is 0 Å². The lowest BCUT2D eigenvalue weighted by Crippen LogP contribution is -2.34. The van der Waals surface area contributed by atoms with Gasteiger partial charge in [0.05, 0.1) is 4.90 Å². The highest BCUT2D eigenvalue weighted by Gasteiger charge is 2.15. The van der Waals surface area contributed by atoms with Crippen molar-refractivity contribution in [2.45, 2.75) is 31.2 Å². The highest BCUT2D eigenvalue weighted by Crippen LogP contribution is 2.12. The minimum absolute atomic E-state index is 0.0628. The molecule has 0 aliphatic rings. The number of hydrogen-bond donors (Lipinski definition) is 1. The molecule has 0 fully saturated rings. The molecule has 6 heteroatoms. The number of carbonyl (C=O) groups excluding carboxylic acids is 1. The maximum atomic E-state index is 12.2. The van der Waals surface area contributed by atoms with Gasteiger partial charge in [-0.3, -0.25) is 4.79 Å². The number of nitrogens with zero attached hydrogens (tertiary/aromatic N) is 1. The number of sulfone groups is 1. The Balaban J connectivity index is 2.70. The second kappa shape index (κ2) is 7.04. The molecule has 2 N–H and O–H groups in total. The fourth-order valence-corrected chi connectivity index (χ4v) is 2.47. The van der Waals surface area contributed by atoms with Crippen molar-refractivity contribution in [3.63, 3.8) is 0 Å². The van der Waals surface area contributed by atoms with Gasteiger partial charge in [0.15, 0.2) is 9.84 Å². The minimum Gasteiger partial charge on any atom is -0.342 e. The van der Waals surface area contributed by atoms with Crippen LogP contribution in [0.5, 0.6) is 0 Å². The van der Waals surface area contributed by atoms with Crippen molar-refractivity contribution in [2.75, 3.05) is 19.8 Å². The van der Waals surface area contributed by atoms with Crippen LogP contribution in [0.1, 0.15) is 30.6 Å². The third kappa shape index (κ3) is 5.13. The van der Waals surface area contributed by atoms with Crippen LogP contribution in [0.15, 0.2) is 29.2 Å². The topological polar surface area (TPSA) is 80.5 Å². The first-order valence-corrected chi connectivity index (χ1v) is 8.83. The van der Waals surface area contributed by atoms with E-state index < -0.39 is 9.84 Å². The van der Waals surface area contributed by atoms with Gasteiger partial charge in [0.25, 0.3) is 5.91 Å². The second-order valence-electron chi connectivity index (χ2n) is 5.72. The van der Waals surface area contributed by atoms with Crippen molar-refractivity contribution in [3.05, 3.63) is 29.8 Å². The van der Waals surface area contributed by atoms with Crippen molar-refractivity contribution in [1.82, 2.24) is 4.90 Å². The lowest BCUT2D eigenvalue weighted by Gasteiger charge is -2.21. The van der Waals surface area contributed by atoms with Gasteiger partial charge in [-0.2, -0.15) is 0 Å². The maximum absolute atomic E-state index is 12.2. The van der Waals surface area contributed by atoms with E-state index in [-0.39, 0.29) is 16.8 Å². The standard InChI is InChI=1S/C15H24N2O3S/c1-11(2)14(16)9-10-17(3)15(18)12-5-7-13(8-6-12)21(4,19)20/h5-8,11,14H,9-10,16H2,1-4H3. The fraction of sp³-hybridized carbons (Fsp3) is 0.533. The van der Waals surface area contributed by atoms with Crippen LogP contribution in [0.3, 0.4) is 0 Å². The molecule has 1 aromatic carbocycles. The molecule has 118 valence electrons. The predicted octanol–water partition coefficient (Wildman–Crippen LogP) is 1.54. The van der Waals surface area contributed by atoms with Crippen molar-refractivity contribution in [2.24, 2.45) is 11.7 Å². The second-order valence-corrected chi connectivity index (χ2v) is 7.74. The third-order valence-electron chi connectivity index (χ3n) is 3.53. The van der Waals surface area contributed by atoms with E-state index in [0.29, 0.717) is 18.0 Å². The average molecular weight is 312 g/mol. The molecule has 0 aliphatic carbocycles. The Bertz CT molecular complexity index is 579. The first kappa shape index (κ1) is 17.7. The quantitative estimate of drug-likeness (QED) is 0.864. The summed E-state index contributed by atoms with van der Waals surface area (Å²) < 4.78 is 22.8. The van der Waals surface area contributed by atoms with Gasteiger partial charge in [0.2, 0.25) is 0 Å². The Kier molecular flexibility index (Phi) is 5.92. The summed E-state index contributed by atoms with van der Waals surface area (Å²) in [6.07, 6.45) is 1.88. The van der Waals surface area contributed by atoms with Gasteiger partial charge in [-0.05, 0) is 36.6 Å². The first-order chi connectivity index (χ1) is 9.62. The molecule has 1 rings (SSSR count). The van der Waals surface area contributed by atoms with Gasteiger partial charge >= 0.3 is 0 Å². The minimum atomic E-state index is -3.24. The molecule has 1 amide bonds. The first-order valence-electron chi connectivity index (χ1n) is 6.94. The van der Waals surface area contributed by atoms with Gasteiger partial charge < -0.3 is 10.6 Å². The summed E-state index contributed by atoms with van der Waals surface area (Å²) in [5.41, 5.74) is 6.44. The summed E-state index contributed by atoms with van der Waals surface area (Å²) in [4.78, 5) is 14.0. The molecule has 0 heterocycles. The highest BCUT2D eigenvalue weighted by atomic mass is 32.2. The zero-order valence-corrected chi connectivity index (χ0v) is 13.9. The predicted molar refractivity (Wildman–Crippen MR) is 83.9 cm³/mol. The van der Waals surface area contributed by atoms with Crippen molar-refractivity contribution >= 4 is 15.7 Å². The number of benzene rings is 1. The van der Waals surface area contributed by atoms with Crippen LogP contribution in [-0.2, 0) is 9.84 Å². The molecule has 0 bridgehead atoms. The highest BCUT2D eigenvalue weighted by molar-refractivity contribution is 7.90. The van der Waals surface area contributed by atoms with Crippen molar-refractivity contribution in [3.8, 4) is 0 Å². The lowest BCUT2D eigenvalue weighted by atomic mass is 10.0. The van der Waals surface area contributed by atoms with Crippen LogP contribution in [0, 0.1) is 5.92 Å². The Morgan fingerprint density at radius 2 is 1.76 bits per heavy atom. The van der Waals surface area contributed by atoms with Gasteiger partial charge in [0, 0.05) is 31.5 Å². The Hall–Kier alpha value is -1.40. The molecule has 0 saturated carbocycles. The molecule has 0 aliphatic heterocycles. The average Bonchev–Trinajstić information content (AvgIpc) is 2.42. The smallest absolute Gasteiger partial charge is 0.253 e. The number of hydrogen-bond acceptors (Lipinski definition) is 4. The van der Waals surface area contributed by atoms with Crippen LogP contribution in [-0.4, -0.2) is 45.1 Å². The van der Waals surface area contributed by atoms with Crippen LogP contribution in [0.4, 0.5) is 0 Å². The molecule has 0 radical (unpaired) electrons. The Morgan fingerprint density at radius 3 is 2.19 bits per heavy atom. The van der Waals surface area contributed by atoms with E-state index in [2.05, 4.69) is 13.8 Å². The van der Waals surface area contributed by atoms with Crippen molar-refractivity contribution < 1.29 is 13.2 Å². The summed E-state index contributed by atoms with van der Waals surface area (Å²) in [5, 5.41) is 0. The molecule has 0 aromatic heterocycles. The van der Waals surface area contributed by atoms with Crippen molar-refractivity contribution in [1.29, 1.82) is 0 Å². The fourth-order valence-electron chi connectivity index (χ4n) is 1.84. The van der Waals surface area contributed by atoms with Gasteiger partial charge in [0.1, 0.15) is 0 Å². The zero-order chi connectivity index (χ0) is 16.2. The molecule has 5 nitrogen and oxygen atoms in total. The normalized spacial score (nSPS) is 13.2. The van der Waals surface area contributed by atoms with E-state index in [0.717, 1.165) is 12.7 Å². The van der Waals surface area contributed by atoms with Crippen LogP contribution in [0.2, 0.25) is 0 Å². The number of amides is 1. The molecule has 1 atom stereocenters. The summed E-state index contributed by atoms with van der Waals surface area (Å²) in [5.74, 6) is 0.244. The molecule has 0 spiro atoms. The van der Waals surface area contributed by atoms with E-state index in [1.165, 1.54) is 24.3 Å². The summed E-state index contributed by atoms with van der Waals surface area (Å²) in [6, 6.07) is 6.05. The van der Waals surface area contributed by atoms with E-state index in [9.17, 15) is 13.2 Å².